The fourth-order valence-electron chi connectivity index (χ4n) is 3.05. The van der Waals surface area contributed by atoms with E-state index in [0.717, 1.165) is 24.3 Å². The molecule has 0 bridgehead atoms. The van der Waals surface area contributed by atoms with E-state index in [2.05, 4.69) is 13.8 Å². The monoisotopic (exact) mass is 302 g/mol. The van der Waals surface area contributed by atoms with E-state index in [-0.39, 0.29) is 16.2 Å². The minimum atomic E-state index is -0.350. The van der Waals surface area contributed by atoms with Crippen molar-refractivity contribution in [3.63, 3.8) is 0 Å². The van der Waals surface area contributed by atoms with E-state index in [4.69, 9.17) is 23.2 Å². The van der Waals surface area contributed by atoms with Crippen molar-refractivity contribution in [3.05, 3.63) is 34.6 Å². The van der Waals surface area contributed by atoms with Gasteiger partial charge in [0.15, 0.2) is 0 Å². The largest absolute Gasteiger partial charge is 0.205 e. The Labute approximate surface area is 125 Å². The second-order valence-electron chi connectivity index (χ2n) is 6.05. The molecule has 1 aromatic carbocycles. The van der Waals surface area contributed by atoms with Gasteiger partial charge in [-0.05, 0) is 61.1 Å². The van der Waals surface area contributed by atoms with Crippen LogP contribution in [-0.4, -0.2) is 5.38 Å². The first-order chi connectivity index (χ1) is 8.97. The smallest absolute Gasteiger partial charge is 0.141 e. The fourth-order valence-corrected chi connectivity index (χ4v) is 3.57. The van der Waals surface area contributed by atoms with Crippen LogP contribution in [0.2, 0.25) is 5.02 Å². The van der Waals surface area contributed by atoms with Crippen LogP contribution in [0.1, 0.15) is 38.7 Å². The molecule has 0 heterocycles. The van der Waals surface area contributed by atoms with Gasteiger partial charge in [-0.3, -0.25) is 0 Å². The van der Waals surface area contributed by atoms with Crippen molar-refractivity contribution in [3.8, 4) is 0 Å². The van der Waals surface area contributed by atoms with Crippen molar-refractivity contribution >= 4 is 23.2 Å². The Morgan fingerprint density at radius 1 is 1.32 bits per heavy atom. The van der Waals surface area contributed by atoms with E-state index in [1.54, 1.807) is 6.07 Å². The van der Waals surface area contributed by atoms with Crippen LogP contribution >= 0.6 is 23.2 Å². The first-order valence-electron chi connectivity index (χ1n) is 7.05. The summed E-state index contributed by atoms with van der Waals surface area (Å²) in [6, 6.07) is 5.01. The van der Waals surface area contributed by atoms with Crippen molar-refractivity contribution in [1.82, 2.24) is 0 Å². The molecular formula is C16H21Cl2F. The molecule has 3 heteroatoms. The molecule has 0 aromatic heterocycles. The molecule has 0 radical (unpaired) electrons. The van der Waals surface area contributed by atoms with Gasteiger partial charge in [0.25, 0.3) is 0 Å². The lowest BCUT2D eigenvalue weighted by atomic mass is 9.74. The standard InChI is InChI=1S/C16H21Cl2F/c1-10(2)12-4-5-14(17)13(9-12)7-11-3-6-16(19)15(18)8-11/h3,6,8,10,12-14H,4-5,7,9H2,1-2H3. The van der Waals surface area contributed by atoms with E-state index < -0.39 is 0 Å². The van der Waals surface area contributed by atoms with E-state index >= 15 is 0 Å². The number of rotatable bonds is 3. The van der Waals surface area contributed by atoms with Crippen LogP contribution in [0, 0.1) is 23.6 Å². The van der Waals surface area contributed by atoms with Crippen LogP contribution in [0.5, 0.6) is 0 Å². The van der Waals surface area contributed by atoms with Crippen molar-refractivity contribution in [2.24, 2.45) is 17.8 Å². The molecule has 0 spiro atoms. The summed E-state index contributed by atoms with van der Waals surface area (Å²) in [5, 5.41) is 0.443. The van der Waals surface area contributed by atoms with Crippen LogP contribution < -0.4 is 0 Å². The van der Waals surface area contributed by atoms with Gasteiger partial charge >= 0.3 is 0 Å². The molecule has 1 aromatic rings. The Morgan fingerprint density at radius 3 is 2.68 bits per heavy atom. The molecule has 0 amide bonds. The summed E-state index contributed by atoms with van der Waals surface area (Å²) in [7, 11) is 0. The highest BCUT2D eigenvalue weighted by atomic mass is 35.5. The fraction of sp³-hybridized carbons (Fsp3) is 0.625. The van der Waals surface area contributed by atoms with Crippen LogP contribution in [0.4, 0.5) is 4.39 Å². The predicted octanol–water partition coefficient (Wildman–Crippen LogP) is 5.70. The number of hydrogen-bond acceptors (Lipinski definition) is 0. The molecule has 3 atom stereocenters. The van der Waals surface area contributed by atoms with Gasteiger partial charge in [-0.15, -0.1) is 11.6 Å². The van der Waals surface area contributed by atoms with Crippen molar-refractivity contribution in [2.75, 3.05) is 0 Å². The van der Waals surface area contributed by atoms with Gasteiger partial charge in [-0.25, -0.2) is 4.39 Å². The lowest BCUT2D eigenvalue weighted by Crippen LogP contribution is -2.29. The molecule has 106 valence electrons. The van der Waals surface area contributed by atoms with Gasteiger partial charge in [-0.1, -0.05) is 31.5 Å². The van der Waals surface area contributed by atoms with Gasteiger partial charge in [0.1, 0.15) is 5.82 Å². The molecule has 1 aliphatic rings. The average molecular weight is 303 g/mol. The van der Waals surface area contributed by atoms with Crippen LogP contribution in [0.25, 0.3) is 0 Å². The van der Waals surface area contributed by atoms with Gasteiger partial charge in [0.05, 0.1) is 5.02 Å². The Kier molecular flexibility index (Phi) is 5.14. The molecule has 2 rings (SSSR count). The summed E-state index contributed by atoms with van der Waals surface area (Å²) in [6.07, 6.45) is 4.38. The van der Waals surface area contributed by atoms with Crippen molar-refractivity contribution in [2.45, 2.75) is 44.9 Å². The second kappa shape index (κ2) is 6.45. The highest BCUT2D eigenvalue weighted by molar-refractivity contribution is 6.30. The van der Waals surface area contributed by atoms with Gasteiger partial charge in [0.2, 0.25) is 0 Å². The maximum atomic E-state index is 13.2. The summed E-state index contributed by atoms with van der Waals surface area (Å²) in [5.74, 6) is 1.60. The Morgan fingerprint density at radius 2 is 2.05 bits per heavy atom. The SMILES string of the molecule is CC(C)C1CCC(Cl)C(Cc2ccc(F)c(Cl)c2)C1. The highest BCUT2D eigenvalue weighted by Crippen LogP contribution is 2.38. The topological polar surface area (TPSA) is 0 Å². The van der Waals surface area contributed by atoms with Crippen LogP contribution in [0.15, 0.2) is 18.2 Å². The van der Waals surface area contributed by atoms with Crippen LogP contribution in [0.3, 0.4) is 0 Å². The van der Waals surface area contributed by atoms with E-state index in [1.165, 1.54) is 18.9 Å². The molecular weight excluding hydrogens is 282 g/mol. The third-order valence-corrected chi connectivity index (χ3v) is 5.22. The summed E-state index contributed by atoms with van der Waals surface area (Å²) >= 11 is 12.3. The molecule has 0 N–H and O–H groups in total. The average Bonchev–Trinajstić information content (AvgIpc) is 2.36. The van der Waals surface area contributed by atoms with E-state index in [0.29, 0.717) is 11.8 Å². The molecule has 0 aliphatic heterocycles. The van der Waals surface area contributed by atoms with Gasteiger partial charge in [0, 0.05) is 5.38 Å². The van der Waals surface area contributed by atoms with Crippen molar-refractivity contribution in [1.29, 1.82) is 0 Å². The predicted molar refractivity (Wildman–Crippen MR) is 80.4 cm³/mol. The maximum Gasteiger partial charge on any atom is 0.141 e. The van der Waals surface area contributed by atoms with Gasteiger partial charge < -0.3 is 0 Å². The molecule has 1 fully saturated rings. The number of benzene rings is 1. The summed E-state index contributed by atoms with van der Waals surface area (Å²) in [5.41, 5.74) is 1.09. The summed E-state index contributed by atoms with van der Waals surface area (Å²) < 4.78 is 13.2. The second-order valence-corrected chi connectivity index (χ2v) is 7.01. The minimum Gasteiger partial charge on any atom is -0.205 e. The quantitative estimate of drug-likeness (QED) is 0.628. The Bertz CT molecular complexity index is 431. The van der Waals surface area contributed by atoms with E-state index in [9.17, 15) is 4.39 Å². The Hall–Kier alpha value is -0.270. The molecule has 3 unspecified atom stereocenters. The number of alkyl halides is 1. The minimum absolute atomic E-state index is 0.208. The molecule has 0 nitrogen and oxygen atoms in total. The number of hydrogen-bond donors (Lipinski definition) is 0. The van der Waals surface area contributed by atoms with E-state index in [1.807, 2.05) is 6.07 Å². The Balaban J connectivity index is 2.05. The molecule has 19 heavy (non-hydrogen) atoms. The highest BCUT2D eigenvalue weighted by Gasteiger charge is 2.30. The third-order valence-electron chi connectivity index (χ3n) is 4.35. The zero-order chi connectivity index (χ0) is 14.0. The third kappa shape index (κ3) is 3.86. The van der Waals surface area contributed by atoms with Crippen molar-refractivity contribution < 1.29 is 4.39 Å². The first kappa shape index (κ1) is 15.1. The number of halogens is 3. The first-order valence-corrected chi connectivity index (χ1v) is 7.86. The summed E-state index contributed by atoms with van der Waals surface area (Å²) in [4.78, 5) is 0. The molecule has 1 saturated carbocycles. The maximum absolute atomic E-state index is 13.2. The lowest BCUT2D eigenvalue weighted by molar-refractivity contribution is 0.218. The van der Waals surface area contributed by atoms with Gasteiger partial charge in [-0.2, -0.15) is 0 Å². The zero-order valence-electron chi connectivity index (χ0n) is 11.5. The molecule has 1 aliphatic carbocycles. The molecule has 0 saturated heterocycles. The normalized spacial score (nSPS) is 27.8. The zero-order valence-corrected chi connectivity index (χ0v) is 13.0. The summed E-state index contributed by atoms with van der Waals surface area (Å²) in [6.45, 7) is 4.57. The van der Waals surface area contributed by atoms with Crippen LogP contribution in [-0.2, 0) is 6.42 Å². The lowest BCUT2D eigenvalue weighted by Gasteiger charge is -2.35.